The highest BCUT2D eigenvalue weighted by Crippen LogP contribution is 2.26. The molecule has 66 valence electrons. The van der Waals surface area contributed by atoms with Crippen molar-refractivity contribution in [1.82, 2.24) is 15.3 Å². The highest BCUT2D eigenvalue weighted by atomic mass is 15.0. The van der Waals surface area contributed by atoms with Crippen LogP contribution in [0.2, 0.25) is 0 Å². The Morgan fingerprint density at radius 2 is 2.50 bits per heavy atom. The smallest absolute Gasteiger partial charge is 0.0922 e. The van der Waals surface area contributed by atoms with Crippen molar-refractivity contribution in [3.63, 3.8) is 0 Å². The molecule has 1 fully saturated rings. The largest absolute Gasteiger partial charge is 0.347 e. The fourth-order valence-electron chi connectivity index (χ4n) is 1.70. The topological polar surface area (TPSA) is 40.7 Å². The zero-order chi connectivity index (χ0) is 8.39. The molecule has 0 amide bonds. The Labute approximate surface area is 72.6 Å². The van der Waals surface area contributed by atoms with Gasteiger partial charge in [0, 0.05) is 24.5 Å². The lowest BCUT2D eigenvalue weighted by Crippen LogP contribution is -2.39. The molecule has 1 saturated carbocycles. The highest BCUT2D eigenvalue weighted by Gasteiger charge is 2.24. The van der Waals surface area contributed by atoms with Gasteiger partial charge in [0.25, 0.3) is 0 Å². The maximum absolute atomic E-state index is 3.96. The standard InChI is InChI=1S/C9H15N3/c1-7-2-8(3-7)11-5-9-4-10-6-12-9/h4,6-8,11H,2-3,5H2,1H3,(H,10,12). The first-order valence-corrected chi connectivity index (χ1v) is 4.55. The molecule has 1 aromatic heterocycles. The molecule has 1 aliphatic carbocycles. The van der Waals surface area contributed by atoms with Gasteiger partial charge in [-0.05, 0) is 18.8 Å². The third-order valence-electron chi connectivity index (χ3n) is 2.51. The zero-order valence-corrected chi connectivity index (χ0v) is 7.38. The average Bonchev–Trinajstić information content (AvgIpc) is 2.47. The first-order chi connectivity index (χ1) is 5.84. The summed E-state index contributed by atoms with van der Waals surface area (Å²) in [5, 5.41) is 3.48. The lowest BCUT2D eigenvalue weighted by molar-refractivity contribution is 0.240. The maximum atomic E-state index is 3.96. The number of H-pyrrole nitrogens is 1. The summed E-state index contributed by atoms with van der Waals surface area (Å²) in [6.45, 7) is 3.23. The minimum absolute atomic E-state index is 0.739. The van der Waals surface area contributed by atoms with Gasteiger partial charge >= 0.3 is 0 Å². The van der Waals surface area contributed by atoms with Gasteiger partial charge in [-0.2, -0.15) is 0 Å². The van der Waals surface area contributed by atoms with Gasteiger partial charge in [0.05, 0.1) is 6.33 Å². The van der Waals surface area contributed by atoms with Crippen molar-refractivity contribution in [2.75, 3.05) is 0 Å². The molecule has 0 atom stereocenters. The number of aromatic nitrogens is 2. The molecule has 1 aromatic rings. The third kappa shape index (κ3) is 1.67. The molecule has 3 nitrogen and oxygen atoms in total. The van der Waals surface area contributed by atoms with E-state index in [0.29, 0.717) is 0 Å². The van der Waals surface area contributed by atoms with Crippen molar-refractivity contribution in [2.24, 2.45) is 5.92 Å². The molecule has 0 unspecified atom stereocenters. The maximum Gasteiger partial charge on any atom is 0.0922 e. The summed E-state index contributed by atoms with van der Waals surface area (Å²) < 4.78 is 0. The molecule has 0 aliphatic heterocycles. The van der Waals surface area contributed by atoms with Crippen molar-refractivity contribution in [1.29, 1.82) is 0 Å². The number of aromatic amines is 1. The van der Waals surface area contributed by atoms with Crippen molar-refractivity contribution in [3.05, 3.63) is 18.2 Å². The summed E-state index contributed by atoms with van der Waals surface area (Å²) in [7, 11) is 0. The average molecular weight is 165 g/mol. The van der Waals surface area contributed by atoms with Crippen LogP contribution in [0.25, 0.3) is 0 Å². The van der Waals surface area contributed by atoms with E-state index in [1.54, 1.807) is 6.33 Å². The van der Waals surface area contributed by atoms with E-state index < -0.39 is 0 Å². The third-order valence-corrected chi connectivity index (χ3v) is 2.51. The van der Waals surface area contributed by atoms with E-state index in [9.17, 15) is 0 Å². The predicted octanol–water partition coefficient (Wildman–Crippen LogP) is 1.30. The second kappa shape index (κ2) is 3.27. The van der Waals surface area contributed by atoms with Crippen LogP contribution in [-0.2, 0) is 6.54 Å². The van der Waals surface area contributed by atoms with Crippen LogP contribution < -0.4 is 5.32 Å². The molecule has 0 radical (unpaired) electrons. The second-order valence-corrected chi connectivity index (χ2v) is 3.73. The van der Waals surface area contributed by atoms with E-state index in [1.807, 2.05) is 6.20 Å². The Balaban J connectivity index is 1.70. The summed E-state index contributed by atoms with van der Waals surface area (Å²) in [6.07, 6.45) is 6.25. The summed E-state index contributed by atoms with van der Waals surface area (Å²) in [4.78, 5) is 7.04. The van der Waals surface area contributed by atoms with Crippen LogP contribution in [0.15, 0.2) is 12.5 Å². The minimum Gasteiger partial charge on any atom is -0.347 e. The summed E-state index contributed by atoms with van der Waals surface area (Å²) in [6, 6.07) is 0.739. The van der Waals surface area contributed by atoms with Crippen LogP contribution in [-0.4, -0.2) is 16.0 Å². The number of hydrogen-bond acceptors (Lipinski definition) is 2. The quantitative estimate of drug-likeness (QED) is 0.708. The number of nitrogens with zero attached hydrogens (tertiary/aromatic N) is 1. The zero-order valence-electron chi connectivity index (χ0n) is 7.38. The van der Waals surface area contributed by atoms with E-state index >= 15 is 0 Å². The van der Waals surface area contributed by atoms with Gasteiger partial charge in [0.1, 0.15) is 0 Å². The monoisotopic (exact) mass is 165 g/mol. The Bertz CT molecular complexity index is 224. The van der Waals surface area contributed by atoms with E-state index in [0.717, 1.165) is 18.5 Å². The molecule has 1 heterocycles. The Morgan fingerprint density at radius 1 is 1.67 bits per heavy atom. The Kier molecular flexibility index (Phi) is 2.13. The van der Waals surface area contributed by atoms with Crippen LogP contribution in [0.5, 0.6) is 0 Å². The van der Waals surface area contributed by atoms with Gasteiger partial charge in [0.2, 0.25) is 0 Å². The van der Waals surface area contributed by atoms with Crippen molar-refractivity contribution in [2.45, 2.75) is 32.4 Å². The van der Waals surface area contributed by atoms with Crippen LogP contribution in [0.3, 0.4) is 0 Å². The minimum atomic E-state index is 0.739. The van der Waals surface area contributed by atoms with Crippen molar-refractivity contribution in [3.8, 4) is 0 Å². The van der Waals surface area contributed by atoms with Gasteiger partial charge in [-0.3, -0.25) is 0 Å². The molecule has 0 bridgehead atoms. The van der Waals surface area contributed by atoms with Gasteiger partial charge in [-0.1, -0.05) is 6.92 Å². The molecule has 2 N–H and O–H groups in total. The molecule has 0 spiro atoms. The Morgan fingerprint density at radius 3 is 3.08 bits per heavy atom. The van der Waals surface area contributed by atoms with E-state index in [4.69, 9.17) is 0 Å². The van der Waals surface area contributed by atoms with Gasteiger partial charge in [-0.25, -0.2) is 4.98 Å². The molecule has 3 heteroatoms. The van der Waals surface area contributed by atoms with E-state index in [2.05, 4.69) is 22.2 Å². The lowest BCUT2D eigenvalue weighted by Gasteiger charge is -2.33. The molecule has 1 aliphatic rings. The van der Waals surface area contributed by atoms with E-state index in [-0.39, 0.29) is 0 Å². The van der Waals surface area contributed by atoms with Crippen LogP contribution >= 0.6 is 0 Å². The van der Waals surface area contributed by atoms with Gasteiger partial charge in [-0.15, -0.1) is 0 Å². The number of rotatable bonds is 3. The van der Waals surface area contributed by atoms with Crippen LogP contribution in [0, 0.1) is 5.92 Å². The first-order valence-electron chi connectivity index (χ1n) is 4.55. The summed E-state index contributed by atoms with van der Waals surface area (Å²) in [5.74, 6) is 0.921. The second-order valence-electron chi connectivity index (χ2n) is 3.73. The van der Waals surface area contributed by atoms with Crippen LogP contribution in [0.4, 0.5) is 0 Å². The van der Waals surface area contributed by atoms with Crippen LogP contribution in [0.1, 0.15) is 25.5 Å². The van der Waals surface area contributed by atoms with Gasteiger partial charge < -0.3 is 10.3 Å². The normalized spacial score (nSPS) is 28.4. The number of hydrogen-bond donors (Lipinski definition) is 2. The SMILES string of the molecule is CC1CC(NCc2cnc[nH]2)C1. The molecular weight excluding hydrogens is 150 g/mol. The molecule has 12 heavy (non-hydrogen) atoms. The Hall–Kier alpha value is -0.830. The van der Waals surface area contributed by atoms with E-state index in [1.165, 1.54) is 18.5 Å². The molecule has 0 aromatic carbocycles. The fourth-order valence-corrected chi connectivity index (χ4v) is 1.70. The molecular formula is C9H15N3. The number of imidazole rings is 1. The molecule has 0 saturated heterocycles. The summed E-state index contributed by atoms with van der Waals surface area (Å²) >= 11 is 0. The fraction of sp³-hybridized carbons (Fsp3) is 0.667. The lowest BCUT2D eigenvalue weighted by atomic mass is 9.82. The van der Waals surface area contributed by atoms with Gasteiger partial charge in [0.15, 0.2) is 0 Å². The predicted molar refractivity (Wildman–Crippen MR) is 47.6 cm³/mol. The first kappa shape index (κ1) is 7.80. The highest BCUT2D eigenvalue weighted by molar-refractivity contribution is 4.95. The molecule has 2 rings (SSSR count). The van der Waals surface area contributed by atoms with Crippen molar-refractivity contribution < 1.29 is 0 Å². The number of nitrogens with one attached hydrogen (secondary N) is 2. The van der Waals surface area contributed by atoms with Crippen molar-refractivity contribution >= 4 is 0 Å². The summed E-state index contributed by atoms with van der Waals surface area (Å²) in [5.41, 5.74) is 1.18.